The largest absolute Gasteiger partial charge is 0.480 e. The van der Waals surface area contributed by atoms with E-state index in [4.69, 9.17) is 4.74 Å². The molecule has 0 radical (unpaired) electrons. The Bertz CT molecular complexity index is 494. The van der Waals surface area contributed by atoms with E-state index in [0.29, 0.717) is 31.6 Å². The van der Waals surface area contributed by atoms with Crippen LogP contribution in [0.4, 0.5) is 0 Å². The average Bonchev–Trinajstić information content (AvgIpc) is 2.45. The van der Waals surface area contributed by atoms with Crippen LogP contribution in [0.3, 0.4) is 0 Å². The van der Waals surface area contributed by atoms with Gasteiger partial charge in [-0.15, -0.1) is 0 Å². The van der Waals surface area contributed by atoms with Gasteiger partial charge in [0.2, 0.25) is 0 Å². The molecule has 5 heteroatoms. The molecule has 2 N–H and O–H groups in total. The summed E-state index contributed by atoms with van der Waals surface area (Å²) >= 11 is 0. The SMILES string of the molecule is Cc1cccc(C(=O)NC(C(=O)O)C2CCOCC2)c1. The molecule has 1 heterocycles. The Balaban J connectivity index is 2.07. The fraction of sp³-hybridized carbons (Fsp3) is 0.467. The molecule has 0 aromatic heterocycles. The molecule has 5 nitrogen and oxygen atoms in total. The molecule has 2 rings (SSSR count). The molecule has 1 atom stereocenters. The first kappa shape index (κ1) is 14.5. The first-order valence-corrected chi connectivity index (χ1v) is 6.76. The van der Waals surface area contributed by atoms with E-state index < -0.39 is 12.0 Å². The minimum atomic E-state index is -0.988. The topological polar surface area (TPSA) is 75.6 Å². The lowest BCUT2D eigenvalue weighted by Crippen LogP contribution is -2.47. The highest BCUT2D eigenvalue weighted by atomic mass is 16.5. The summed E-state index contributed by atoms with van der Waals surface area (Å²) in [4.78, 5) is 23.5. The molecule has 0 aliphatic carbocycles. The molecule has 1 aliphatic rings. The van der Waals surface area contributed by atoms with Crippen molar-refractivity contribution in [3.63, 3.8) is 0 Å². The number of carboxylic acids is 1. The van der Waals surface area contributed by atoms with Gasteiger partial charge >= 0.3 is 5.97 Å². The average molecular weight is 277 g/mol. The molecule has 20 heavy (non-hydrogen) atoms. The predicted octanol–water partition coefficient (Wildman–Crippen LogP) is 1.60. The van der Waals surface area contributed by atoms with E-state index in [-0.39, 0.29) is 11.8 Å². The van der Waals surface area contributed by atoms with Gasteiger partial charge in [0.25, 0.3) is 5.91 Å². The van der Waals surface area contributed by atoms with Crippen molar-refractivity contribution in [1.29, 1.82) is 0 Å². The lowest BCUT2D eigenvalue weighted by Gasteiger charge is -2.28. The third kappa shape index (κ3) is 3.57. The Labute approximate surface area is 117 Å². The minimum Gasteiger partial charge on any atom is -0.480 e. The molecule has 1 amide bonds. The van der Waals surface area contributed by atoms with Crippen LogP contribution in [-0.2, 0) is 9.53 Å². The van der Waals surface area contributed by atoms with Gasteiger partial charge in [0.05, 0.1) is 0 Å². The van der Waals surface area contributed by atoms with Gasteiger partial charge in [-0.05, 0) is 37.8 Å². The van der Waals surface area contributed by atoms with Crippen LogP contribution in [-0.4, -0.2) is 36.2 Å². The van der Waals surface area contributed by atoms with E-state index in [1.807, 2.05) is 13.0 Å². The molecule has 1 fully saturated rings. The number of nitrogens with one attached hydrogen (secondary N) is 1. The molecule has 0 spiro atoms. The highest BCUT2D eigenvalue weighted by Crippen LogP contribution is 2.19. The zero-order chi connectivity index (χ0) is 14.5. The number of hydrogen-bond donors (Lipinski definition) is 2. The van der Waals surface area contributed by atoms with Crippen molar-refractivity contribution in [3.8, 4) is 0 Å². The molecule has 1 unspecified atom stereocenters. The van der Waals surface area contributed by atoms with E-state index in [0.717, 1.165) is 5.56 Å². The van der Waals surface area contributed by atoms with Gasteiger partial charge in [-0.2, -0.15) is 0 Å². The standard InChI is InChI=1S/C15H19NO4/c1-10-3-2-4-12(9-10)14(17)16-13(15(18)19)11-5-7-20-8-6-11/h2-4,9,11,13H,5-8H2,1H3,(H,16,17)(H,18,19). The summed E-state index contributed by atoms with van der Waals surface area (Å²) in [7, 11) is 0. The van der Waals surface area contributed by atoms with Gasteiger partial charge in [0.1, 0.15) is 6.04 Å². The Kier molecular flexibility index (Phi) is 4.74. The van der Waals surface area contributed by atoms with Crippen molar-refractivity contribution in [2.45, 2.75) is 25.8 Å². The maximum absolute atomic E-state index is 12.1. The third-order valence-electron chi connectivity index (χ3n) is 3.57. The summed E-state index contributed by atoms with van der Waals surface area (Å²) in [5.41, 5.74) is 1.46. The van der Waals surface area contributed by atoms with Crippen LogP contribution in [0.2, 0.25) is 0 Å². The number of aryl methyl sites for hydroxylation is 1. The molecule has 1 saturated heterocycles. The van der Waals surface area contributed by atoms with Crippen molar-refractivity contribution in [2.24, 2.45) is 5.92 Å². The number of hydrogen-bond acceptors (Lipinski definition) is 3. The number of carbonyl (C=O) groups excluding carboxylic acids is 1. The van der Waals surface area contributed by atoms with Crippen LogP contribution >= 0.6 is 0 Å². The summed E-state index contributed by atoms with van der Waals surface area (Å²) < 4.78 is 5.23. The van der Waals surface area contributed by atoms with Crippen LogP contribution in [0, 0.1) is 12.8 Å². The second kappa shape index (κ2) is 6.52. The summed E-state index contributed by atoms with van der Waals surface area (Å²) in [6.07, 6.45) is 1.32. The van der Waals surface area contributed by atoms with Crippen LogP contribution in [0.25, 0.3) is 0 Å². The first-order chi connectivity index (χ1) is 9.58. The summed E-state index contributed by atoms with van der Waals surface area (Å²) in [5.74, 6) is -1.40. The van der Waals surface area contributed by atoms with Crippen LogP contribution < -0.4 is 5.32 Å². The zero-order valence-electron chi connectivity index (χ0n) is 11.5. The van der Waals surface area contributed by atoms with Crippen molar-refractivity contribution >= 4 is 11.9 Å². The van der Waals surface area contributed by atoms with E-state index in [1.54, 1.807) is 18.2 Å². The normalized spacial score (nSPS) is 17.4. The number of benzene rings is 1. The number of carbonyl (C=O) groups is 2. The molecule has 1 aliphatic heterocycles. The molecule has 1 aromatic rings. The smallest absolute Gasteiger partial charge is 0.326 e. The lowest BCUT2D eigenvalue weighted by atomic mass is 9.91. The summed E-state index contributed by atoms with van der Waals surface area (Å²) in [6, 6.07) is 6.26. The Morgan fingerprint density at radius 3 is 2.65 bits per heavy atom. The number of ether oxygens (including phenoxy) is 1. The van der Waals surface area contributed by atoms with Crippen molar-refractivity contribution in [2.75, 3.05) is 13.2 Å². The fourth-order valence-corrected chi connectivity index (χ4v) is 2.44. The number of carboxylic acid groups (broad SMARTS) is 1. The van der Waals surface area contributed by atoms with Crippen molar-refractivity contribution in [1.82, 2.24) is 5.32 Å². The van der Waals surface area contributed by atoms with Crippen molar-refractivity contribution < 1.29 is 19.4 Å². The van der Waals surface area contributed by atoms with Gasteiger partial charge in [-0.25, -0.2) is 4.79 Å². The van der Waals surface area contributed by atoms with Crippen molar-refractivity contribution in [3.05, 3.63) is 35.4 Å². The minimum absolute atomic E-state index is 0.0741. The quantitative estimate of drug-likeness (QED) is 0.876. The second-order valence-corrected chi connectivity index (χ2v) is 5.11. The maximum Gasteiger partial charge on any atom is 0.326 e. The Hall–Kier alpha value is -1.88. The van der Waals surface area contributed by atoms with Gasteiger partial charge in [-0.3, -0.25) is 4.79 Å². The maximum atomic E-state index is 12.1. The molecule has 108 valence electrons. The first-order valence-electron chi connectivity index (χ1n) is 6.76. The van der Waals surface area contributed by atoms with Gasteiger partial charge < -0.3 is 15.2 Å². The molecule has 0 saturated carbocycles. The van der Waals surface area contributed by atoms with Gasteiger partial charge in [0, 0.05) is 18.8 Å². The van der Waals surface area contributed by atoms with E-state index in [2.05, 4.69) is 5.32 Å². The molecular formula is C15H19NO4. The summed E-state index contributed by atoms with van der Waals surface area (Å²) in [6.45, 7) is 2.99. The van der Waals surface area contributed by atoms with E-state index >= 15 is 0 Å². The third-order valence-corrected chi connectivity index (χ3v) is 3.57. The van der Waals surface area contributed by atoms with Gasteiger partial charge in [-0.1, -0.05) is 17.7 Å². The number of rotatable bonds is 4. The highest BCUT2D eigenvalue weighted by molar-refractivity contribution is 5.96. The van der Waals surface area contributed by atoms with E-state index in [9.17, 15) is 14.7 Å². The van der Waals surface area contributed by atoms with Crippen LogP contribution in [0.1, 0.15) is 28.8 Å². The highest BCUT2D eigenvalue weighted by Gasteiger charge is 2.31. The molecule has 1 aromatic carbocycles. The summed E-state index contributed by atoms with van der Waals surface area (Å²) in [5, 5.41) is 12.0. The van der Waals surface area contributed by atoms with Crippen LogP contribution in [0.15, 0.2) is 24.3 Å². The van der Waals surface area contributed by atoms with Gasteiger partial charge in [0.15, 0.2) is 0 Å². The zero-order valence-corrected chi connectivity index (χ0v) is 11.5. The molecular weight excluding hydrogens is 258 g/mol. The van der Waals surface area contributed by atoms with Crippen LogP contribution in [0.5, 0.6) is 0 Å². The lowest BCUT2D eigenvalue weighted by molar-refractivity contribution is -0.141. The number of aliphatic carboxylic acids is 1. The molecule has 0 bridgehead atoms. The Morgan fingerprint density at radius 1 is 1.35 bits per heavy atom. The fourth-order valence-electron chi connectivity index (χ4n) is 2.44. The Morgan fingerprint density at radius 2 is 2.05 bits per heavy atom. The monoisotopic (exact) mass is 277 g/mol. The van der Waals surface area contributed by atoms with E-state index in [1.165, 1.54) is 0 Å². The predicted molar refractivity (Wildman–Crippen MR) is 73.6 cm³/mol. The second-order valence-electron chi connectivity index (χ2n) is 5.11. The number of amides is 1.